The molecule has 39 heavy (non-hydrogen) atoms. The Labute approximate surface area is 238 Å². The van der Waals surface area contributed by atoms with Gasteiger partial charge in [0.05, 0.1) is 22.5 Å². The number of carbonyl (C=O) groups excluding carboxylic acids is 1. The molecule has 1 aliphatic rings. The van der Waals surface area contributed by atoms with Crippen molar-refractivity contribution in [3.05, 3.63) is 92.3 Å². The van der Waals surface area contributed by atoms with Gasteiger partial charge in [-0.2, -0.15) is 0 Å². The number of halogens is 2. The minimum absolute atomic E-state index is 0.100. The number of para-hydroxylation sites is 1. The third-order valence-corrected chi connectivity index (χ3v) is 8.14. The predicted molar refractivity (Wildman–Crippen MR) is 153 cm³/mol. The summed E-state index contributed by atoms with van der Waals surface area (Å²) in [5.41, 5.74) is 2.86. The number of carbonyl (C=O) groups is 2. The van der Waals surface area contributed by atoms with Crippen LogP contribution in [0.15, 0.2) is 59.6 Å². The minimum atomic E-state index is -0.988. The third kappa shape index (κ3) is 5.68. The van der Waals surface area contributed by atoms with E-state index in [-0.39, 0.29) is 19.4 Å². The Hall–Kier alpha value is -3.73. The summed E-state index contributed by atoms with van der Waals surface area (Å²) >= 11 is 14.3. The first-order chi connectivity index (χ1) is 18.9. The number of aliphatic carboxylic acids is 1. The molecule has 0 aliphatic carbocycles. The van der Waals surface area contributed by atoms with Gasteiger partial charge in [-0.3, -0.25) is 14.4 Å². The van der Waals surface area contributed by atoms with E-state index in [1.807, 2.05) is 28.8 Å². The van der Waals surface area contributed by atoms with E-state index in [0.29, 0.717) is 27.4 Å². The molecular weight excluding hydrogens is 559 g/mol. The molecule has 2 aromatic heterocycles. The number of nitrogens with zero attached hydrogens (tertiary/aromatic N) is 4. The van der Waals surface area contributed by atoms with Crippen molar-refractivity contribution in [2.45, 2.75) is 38.8 Å². The molecule has 0 fully saturated rings. The van der Waals surface area contributed by atoms with Gasteiger partial charge in [0, 0.05) is 27.4 Å². The lowest BCUT2D eigenvalue weighted by molar-refractivity contribution is -0.137. The van der Waals surface area contributed by atoms with E-state index in [1.54, 1.807) is 35.6 Å². The first kappa shape index (κ1) is 26.9. The molecule has 1 aliphatic heterocycles. The van der Waals surface area contributed by atoms with E-state index < -0.39 is 18.0 Å². The van der Waals surface area contributed by atoms with Crippen LogP contribution in [0.2, 0.25) is 10.0 Å². The fraction of sp³-hybridized carbons (Fsp3) is 0.222. The van der Waals surface area contributed by atoms with Crippen LogP contribution in [0.4, 0.5) is 10.5 Å². The molecule has 1 atom stereocenters. The first-order valence-electron chi connectivity index (χ1n) is 12.3. The minimum Gasteiger partial charge on any atom is -0.481 e. The SMILES string of the molecule is CCc1cc2c(s1)-n1c(nnc1[C@@H](CCC(=O)O)NC(=O)Nc1ccccc1Cl)CN=C2c1ccccc1Cl. The summed E-state index contributed by atoms with van der Waals surface area (Å²) < 4.78 is 1.88. The van der Waals surface area contributed by atoms with Crippen LogP contribution in [0.5, 0.6) is 0 Å². The van der Waals surface area contributed by atoms with Crippen molar-refractivity contribution in [2.24, 2.45) is 4.99 Å². The Morgan fingerprint density at radius 3 is 2.54 bits per heavy atom. The second-order valence-corrected chi connectivity index (χ2v) is 10.7. The number of carboxylic acid groups (broad SMARTS) is 1. The van der Waals surface area contributed by atoms with Crippen LogP contribution in [-0.4, -0.2) is 37.6 Å². The summed E-state index contributed by atoms with van der Waals surface area (Å²) in [7, 11) is 0. The van der Waals surface area contributed by atoms with Gasteiger partial charge >= 0.3 is 12.0 Å². The summed E-state index contributed by atoms with van der Waals surface area (Å²) in [6, 6.07) is 15.2. The number of fused-ring (bicyclic) bond motifs is 3. The molecule has 200 valence electrons. The van der Waals surface area contributed by atoms with Gasteiger partial charge in [-0.15, -0.1) is 21.5 Å². The van der Waals surface area contributed by atoms with Crippen molar-refractivity contribution in [3.8, 4) is 5.00 Å². The second-order valence-electron chi connectivity index (χ2n) is 8.80. The molecule has 3 N–H and O–H groups in total. The van der Waals surface area contributed by atoms with Crippen molar-refractivity contribution >= 4 is 57.9 Å². The fourth-order valence-electron chi connectivity index (χ4n) is 4.35. The molecule has 0 radical (unpaired) electrons. The van der Waals surface area contributed by atoms with Crippen LogP contribution in [0.1, 0.15) is 53.5 Å². The zero-order valence-corrected chi connectivity index (χ0v) is 23.1. The highest BCUT2D eigenvalue weighted by Gasteiger charge is 2.30. The van der Waals surface area contributed by atoms with Gasteiger partial charge in [-0.05, 0) is 37.1 Å². The fourth-order valence-corrected chi connectivity index (χ4v) is 5.89. The van der Waals surface area contributed by atoms with Crippen LogP contribution < -0.4 is 10.6 Å². The molecule has 0 saturated carbocycles. The highest BCUT2D eigenvalue weighted by Crippen LogP contribution is 2.36. The van der Waals surface area contributed by atoms with E-state index in [2.05, 4.69) is 33.8 Å². The number of hydrogen-bond acceptors (Lipinski definition) is 6. The number of anilines is 1. The number of hydrogen-bond donors (Lipinski definition) is 3. The average molecular weight is 584 g/mol. The lowest BCUT2D eigenvalue weighted by atomic mass is 10.0. The topological polar surface area (TPSA) is 122 Å². The van der Waals surface area contributed by atoms with Gasteiger partial charge in [0.25, 0.3) is 0 Å². The van der Waals surface area contributed by atoms with Crippen molar-refractivity contribution in [3.63, 3.8) is 0 Å². The predicted octanol–water partition coefficient (Wildman–Crippen LogP) is 6.28. The van der Waals surface area contributed by atoms with Crippen molar-refractivity contribution < 1.29 is 14.7 Å². The zero-order valence-electron chi connectivity index (χ0n) is 20.8. The van der Waals surface area contributed by atoms with Gasteiger partial charge in [-0.1, -0.05) is 60.5 Å². The Bertz CT molecular complexity index is 1580. The van der Waals surface area contributed by atoms with Crippen LogP contribution in [0.3, 0.4) is 0 Å². The molecule has 0 spiro atoms. The molecule has 12 heteroatoms. The maximum atomic E-state index is 13.0. The highest BCUT2D eigenvalue weighted by molar-refractivity contribution is 7.15. The summed E-state index contributed by atoms with van der Waals surface area (Å²) in [5, 5.41) is 25.6. The van der Waals surface area contributed by atoms with E-state index in [4.69, 9.17) is 28.2 Å². The van der Waals surface area contributed by atoms with Crippen LogP contribution in [-0.2, 0) is 17.8 Å². The van der Waals surface area contributed by atoms with E-state index in [0.717, 1.165) is 33.1 Å². The van der Waals surface area contributed by atoms with Crippen LogP contribution in [0, 0.1) is 0 Å². The number of urea groups is 1. The van der Waals surface area contributed by atoms with E-state index in [1.165, 1.54) is 0 Å². The molecule has 0 saturated heterocycles. The number of benzene rings is 2. The molecule has 0 bridgehead atoms. The number of amides is 2. The second kappa shape index (κ2) is 11.6. The monoisotopic (exact) mass is 582 g/mol. The molecule has 9 nitrogen and oxygen atoms in total. The standard InChI is InChI=1S/C27H24Cl2N6O3S/c1-2-15-13-17-24(16-7-3-4-8-18(16)28)30-14-22-33-34-25(35(22)26(17)39-15)21(11-12-23(36)37)32-27(38)31-20-10-6-5-9-19(20)29/h3-10,13,21H,2,11-12,14H2,1H3,(H,36,37)(H2,31,32,38)/t21-/m1/s1. The zero-order chi connectivity index (χ0) is 27.5. The first-order valence-corrected chi connectivity index (χ1v) is 13.8. The summed E-state index contributed by atoms with van der Waals surface area (Å²) in [6.07, 6.45) is 0.724. The summed E-state index contributed by atoms with van der Waals surface area (Å²) in [5.74, 6) is 0.00621. The maximum Gasteiger partial charge on any atom is 0.319 e. The molecule has 2 amide bonds. The Morgan fingerprint density at radius 2 is 1.82 bits per heavy atom. The Kier molecular flexibility index (Phi) is 7.97. The molecule has 5 rings (SSSR count). The smallest absolute Gasteiger partial charge is 0.319 e. The number of aromatic nitrogens is 3. The van der Waals surface area contributed by atoms with Crippen LogP contribution >= 0.6 is 34.5 Å². The Balaban J connectivity index is 1.55. The number of thiophene rings is 1. The van der Waals surface area contributed by atoms with E-state index >= 15 is 0 Å². The summed E-state index contributed by atoms with van der Waals surface area (Å²) in [6.45, 7) is 2.30. The number of aryl methyl sites for hydroxylation is 1. The van der Waals surface area contributed by atoms with Gasteiger partial charge < -0.3 is 15.7 Å². The summed E-state index contributed by atoms with van der Waals surface area (Å²) in [4.78, 5) is 30.5. The Morgan fingerprint density at radius 1 is 1.08 bits per heavy atom. The van der Waals surface area contributed by atoms with Gasteiger partial charge in [0.15, 0.2) is 11.6 Å². The van der Waals surface area contributed by atoms with Gasteiger partial charge in [0.1, 0.15) is 11.5 Å². The van der Waals surface area contributed by atoms with Crippen molar-refractivity contribution in [1.29, 1.82) is 0 Å². The number of aliphatic imine (C=N–C) groups is 1. The van der Waals surface area contributed by atoms with E-state index in [9.17, 15) is 14.7 Å². The molecular formula is C27H24Cl2N6O3S. The number of carboxylic acids is 1. The number of rotatable bonds is 8. The molecule has 4 aromatic rings. The quantitative estimate of drug-likeness (QED) is 0.226. The third-order valence-electron chi connectivity index (χ3n) is 6.22. The maximum absolute atomic E-state index is 13.0. The highest BCUT2D eigenvalue weighted by atomic mass is 35.5. The van der Waals surface area contributed by atoms with Crippen LogP contribution in [0.25, 0.3) is 5.00 Å². The lowest BCUT2D eigenvalue weighted by Crippen LogP contribution is -2.34. The lowest BCUT2D eigenvalue weighted by Gasteiger charge is -2.19. The van der Waals surface area contributed by atoms with Crippen molar-refractivity contribution in [1.82, 2.24) is 20.1 Å². The normalized spacial score (nSPS) is 13.1. The average Bonchev–Trinajstić information content (AvgIpc) is 3.50. The number of nitrogens with one attached hydrogen (secondary N) is 2. The van der Waals surface area contributed by atoms with Gasteiger partial charge in [-0.25, -0.2) is 4.79 Å². The molecule has 3 heterocycles. The van der Waals surface area contributed by atoms with Crippen molar-refractivity contribution in [2.75, 3.05) is 5.32 Å². The molecule has 2 aromatic carbocycles. The largest absolute Gasteiger partial charge is 0.481 e. The molecule has 0 unspecified atom stereocenters. The van der Waals surface area contributed by atoms with Gasteiger partial charge in [0.2, 0.25) is 0 Å².